The van der Waals surface area contributed by atoms with Gasteiger partial charge in [-0.2, -0.15) is 21.6 Å². The molecule has 25 heavy (non-hydrogen) atoms. The molecule has 10 heteroatoms. The van der Waals surface area contributed by atoms with Gasteiger partial charge >= 0.3 is 18.1 Å². The zero-order chi connectivity index (χ0) is 18.8. The topological polar surface area (TPSA) is 97.7 Å². The lowest BCUT2D eigenvalue weighted by Gasteiger charge is -2.14. The monoisotopic (exact) mass is 374 g/mol. The highest BCUT2D eigenvalue weighted by Crippen LogP contribution is 2.35. The standard InChI is InChI=1S/C15H9F3O6S/c16-15(17,18)10-7-4-8-11(25(21,22)23)12(10)14(20)24-13(19)9-5-2-1-3-6-9/h1-8H,(H,21,22,23). The highest BCUT2D eigenvalue weighted by atomic mass is 32.2. The Balaban J connectivity index is 2.53. The largest absolute Gasteiger partial charge is 0.417 e. The van der Waals surface area contributed by atoms with Crippen LogP contribution in [0.5, 0.6) is 0 Å². The molecule has 0 heterocycles. The Labute approximate surface area is 139 Å². The van der Waals surface area contributed by atoms with Crippen LogP contribution in [0.1, 0.15) is 26.3 Å². The maximum atomic E-state index is 13.1. The number of hydrogen-bond acceptors (Lipinski definition) is 5. The molecule has 1 N–H and O–H groups in total. The summed E-state index contributed by atoms with van der Waals surface area (Å²) in [5.41, 5.74) is -3.26. The Kier molecular flexibility index (Phi) is 4.95. The molecular weight excluding hydrogens is 365 g/mol. The Hall–Kier alpha value is -2.72. The van der Waals surface area contributed by atoms with Gasteiger partial charge in [-0.3, -0.25) is 4.55 Å². The predicted molar refractivity (Wildman–Crippen MR) is 77.4 cm³/mol. The van der Waals surface area contributed by atoms with E-state index in [2.05, 4.69) is 4.74 Å². The fraction of sp³-hybridized carbons (Fsp3) is 0.0667. The van der Waals surface area contributed by atoms with Gasteiger partial charge in [0.2, 0.25) is 0 Å². The molecule has 0 aliphatic rings. The van der Waals surface area contributed by atoms with Crippen molar-refractivity contribution in [1.82, 2.24) is 0 Å². The summed E-state index contributed by atoms with van der Waals surface area (Å²) in [6.45, 7) is 0. The molecular formula is C15H9F3O6S. The fourth-order valence-corrected chi connectivity index (χ4v) is 2.66. The molecule has 132 valence electrons. The number of carbonyl (C=O) groups is 2. The van der Waals surface area contributed by atoms with E-state index < -0.39 is 44.3 Å². The zero-order valence-electron chi connectivity index (χ0n) is 12.1. The maximum absolute atomic E-state index is 13.1. The predicted octanol–water partition coefficient (Wildman–Crippen LogP) is 2.95. The van der Waals surface area contributed by atoms with Gasteiger partial charge in [0.15, 0.2) is 0 Å². The van der Waals surface area contributed by atoms with Crippen LogP contribution < -0.4 is 0 Å². The van der Waals surface area contributed by atoms with Crippen molar-refractivity contribution in [2.75, 3.05) is 0 Å². The van der Waals surface area contributed by atoms with E-state index in [0.29, 0.717) is 18.2 Å². The molecule has 0 unspecified atom stereocenters. The summed E-state index contributed by atoms with van der Waals surface area (Å²) < 4.78 is 75.2. The molecule has 0 aliphatic heterocycles. The van der Waals surface area contributed by atoms with E-state index in [-0.39, 0.29) is 5.56 Å². The van der Waals surface area contributed by atoms with Crippen LogP contribution in [0.25, 0.3) is 0 Å². The second-order valence-corrected chi connectivity index (χ2v) is 6.08. The van der Waals surface area contributed by atoms with Gasteiger partial charge in [-0.1, -0.05) is 24.3 Å². The van der Waals surface area contributed by atoms with Gasteiger partial charge in [0, 0.05) is 0 Å². The molecule has 0 atom stereocenters. The molecule has 0 radical (unpaired) electrons. The molecule has 0 fully saturated rings. The van der Waals surface area contributed by atoms with Gasteiger partial charge in [0.25, 0.3) is 10.1 Å². The van der Waals surface area contributed by atoms with Crippen molar-refractivity contribution in [3.8, 4) is 0 Å². The Morgan fingerprint density at radius 2 is 1.52 bits per heavy atom. The lowest BCUT2D eigenvalue weighted by atomic mass is 10.1. The quantitative estimate of drug-likeness (QED) is 0.504. The van der Waals surface area contributed by atoms with Gasteiger partial charge in [0.1, 0.15) is 4.90 Å². The summed E-state index contributed by atoms with van der Waals surface area (Å²) in [7, 11) is -5.17. The average Bonchev–Trinajstić information content (AvgIpc) is 2.53. The van der Waals surface area contributed by atoms with Crippen molar-refractivity contribution in [3.63, 3.8) is 0 Å². The van der Waals surface area contributed by atoms with Crippen LogP contribution in [0.2, 0.25) is 0 Å². The molecule has 6 nitrogen and oxygen atoms in total. The van der Waals surface area contributed by atoms with Gasteiger partial charge < -0.3 is 4.74 Å². The van der Waals surface area contributed by atoms with Crippen molar-refractivity contribution >= 4 is 22.1 Å². The maximum Gasteiger partial charge on any atom is 0.417 e. The third kappa shape index (κ3) is 4.22. The minimum atomic E-state index is -5.17. The molecule has 2 aromatic carbocycles. The molecule has 0 aromatic heterocycles. The minimum Gasteiger partial charge on any atom is -0.386 e. The van der Waals surface area contributed by atoms with Crippen molar-refractivity contribution in [1.29, 1.82) is 0 Å². The molecule has 0 bridgehead atoms. The van der Waals surface area contributed by atoms with E-state index in [0.717, 1.165) is 0 Å². The molecule has 0 saturated heterocycles. The number of rotatable bonds is 3. The smallest absolute Gasteiger partial charge is 0.386 e. The molecule has 0 amide bonds. The van der Waals surface area contributed by atoms with Crippen molar-refractivity contribution in [2.24, 2.45) is 0 Å². The Morgan fingerprint density at radius 1 is 0.920 bits per heavy atom. The van der Waals surface area contributed by atoms with Crippen LogP contribution in [-0.2, 0) is 21.0 Å². The summed E-state index contributed by atoms with van der Waals surface area (Å²) in [4.78, 5) is 22.5. The van der Waals surface area contributed by atoms with E-state index in [1.807, 2.05) is 0 Å². The number of hydrogen-bond donors (Lipinski definition) is 1. The fourth-order valence-electron chi connectivity index (χ4n) is 1.96. The van der Waals surface area contributed by atoms with Crippen LogP contribution in [0.4, 0.5) is 13.2 Å². The first kappa shape index (κ1) is 18.6. The molecule has 2 rings (SSSR count). The molecule has 0 saturated carbocycles. The molecule has 2 aromatic rings. The van der Waals surface area contributed by atoms with Gasteiger partial charge in [-0.25, -0.2) is 9.59 Å². The second-order valence-electron chi connectivity index (χ2n) is 4.69. The second kappa shape index (κ2) is 6.65. The van der Waals surface area contributed by atoms with E-state index in [4.69, 9.17) is 4.55 Å². The average molecular weight is 374 g/mol. The highest BCUT2D eigenvalue weighted by Gasteiger charge is 2.39. The van der Waals surface area contributed by atoms with Gasteiger partial charge in [0.05, 0.1) is 16.7 Å². The first-order valence-corrected chi connectivity index (χ1v) is 7.95. The number of esters is 2. The van der Waals surface area contributed by atoms with E-state index >= 15 is 0 Å². The summed E-state index contributed by atoms with van der Waals surface area (Å²) in [5, 5.41) is 0. The van der Waals surface area contributed by atoms with Crippen molar-refractivity contribution in [3.05, 3.63) is 65.2 Å². The number of ether oxygens (including phenoxy) is 1. The third-order valence-corrected chi connectivity index (χ3v) is 3.90. The molecule has 0 spiro atoms. The number of benzene rings is 2. The van der Waals surface area contributed by atoms with E-state index in [9.17, 15) is 31.2 Å². The minimum absolute atomic E-state index is 0.131. The number of halogens is 3. The van der Waals surface area contributed by atoms with Gasteiger partial charge in [-0.15, -0.1) is 0 Å². The lowest BCUT2D eigenvalue weighted by molar-refractivity contribution is -0.138. The first-order chi connectivity index (χ1) is 11.5. The first-order valence-electron chi connectivity index (χ1n) is 6.51. The zero-order valence-corrected chi connectivity index (χ0v) is 13.0. The Morgan fingerprint density at radius 3 is 2.04 bits per heavy atom. The number of carbonyl (C=O) groups excluding carboxylic acids is 2. The van der Waals surface area contributed by atoms with Crippen molar-refractivity contribution < 1.29 is 40.5 Å². The van der Waals surface area contributed by atoms with E-state index in [1.54, 1.807) is 6.07 Å². The van der Waals surface area contributed by atoms with Crippen LogP contribution >= 0.6 is 0 Å². The summed E-state index contributed by atoms with van der Waals surface area (Å²) in [6, 6.07) is 8.61. The molecule has 0 aliphatic carbocycles. The van der Waals surface area contributed by atoms with Crippen LogP contribution in [0, 0.1) is 0 Å². The van der Waals surface area contributed by atoms with Crippen molar-refractivity contribution in [2.45, 2.75) is 11.1 Å². The highest BCUT2D eigenvalue weighted by molar-refractivity contribution is 7.86. The summed E-state index contributed by atoms with van der Waals surface area (Å²) >= 11 is 0. The lowest BCUT2D eigenvalue weighted by Crippen LogP contribution is -2.21. The normalized spacial score (nSPS) is 11.8. The van der Waals surface area contributed by atoms with Crippen LogP contribution in [-0.4, -0.2) is 24.9 Å². The summed E-state index contributed by atoms with van der Waals surface area (Å²) in [5.74, 6) is -3.13. The van der Waals surface area contributed by atoms with Crippen LogP contribution in [0.15, 0.2) is 53.4 Å². The SMILES string of the molecule is O=C(OC(=O)c1c(C(F)(F)F)cccc1S(=O)(=O)O)c1ccccc1. The third-order valence-electron chi connectivity index (χ3n) is 3.01. The van der Waals surface area contributed by atoms with Crippen LogP contribution in [0.3, 0.4) is 0 Å². The Bertz CT molecular complexity index is 920. The van der Waals surface area contributed by atoms with Gasteiger partial charge in [-0.05, 0) is 24.3 Å². The van der Waals surface area contributed by atoms with E-state index in [1.165, 1.54) is 24.3 Å². The number of alkyl halides is 3. The summed E-state index contributed by atoms with van der Waals surface area (Å²) in [6.07, 6.45) is -5.12.